The highest BCUT2D eigenvalue weighted by molar-refractivity contribution is 6.36. The van der Waals surface area contributed by atoms with Gasteiger partial charge in [-0.05, 0) is 31.0 Å². The van der Waals surface area contributed by atoms with Gasteiger partial charge in [0.15, 0.2) is 5.82 Å². The van der Waals surface area contributed by atoms with E-state index in [4.69, 9.17) is 28.2 Å². The maximum absolute atomic E-state index is 11.3. The van der Waals surface area contributed by atoms with Gasteiger partial charge in [-0.25, -0.2) is 9.67 Å². The van der Waals surface area contributed by atoms with Crippen LogP contribution < -0.4 is 5.32 Å². The molecule has 0 radical (unpaired) electrons. The van der Waals surface area contributed by atoms with Gasteiger partial charge in [-0.15, -0.1) is 0 Å². The summed E-state index contributed by atoms with van der Waals surface area (Å²) in [7, 11) is 0. The van der Waals surface area contributed by atoms with Crippen LogP contribution in [-0.4, -0.2) is 27.2 Å². The Balaban J connectivity index is 1.86. The summed E-state index contributed by atoms with van der Waals surface area (Å²) in [5.41, 5.74) is 0.840. The topological polar surface area (TPSA) is 59.8 Å². The molecule has 5 nitrogen and oxygen atoms in total. The highest BCUT2D eigenvalue weighted by Gasteiger charge is 2.25. The molecule has 1 atom stereocenters. The average Bonchev–Trinajstić information content (AvgIpc) is 2.95. The van der Waals surface area contributed by atoms with Gasteiger partial charge in [0, 0.05) is 41.9 Å². The molecule has 1 saturated heterocycles. The van der Waals surface area contributed by atoms with Gasteiger partial charge in [-0.2, -0.15) is 5.10 Å². The molecule has 23 heavy (non-hydrogen) atoms. The second kappa shape index (κ2) is 6.89. The summed E-state index contributed by atoms with van der Waals surface area (Å²) >= 11 is 12.5. The maximum atomic E-state index is 11.3. The van der Waals surface area contributed by atoms with E-state index in [1.54, 1.807) is 0 Å². The lowest BCUT2D eigenvalue weighted by Gasteiger charge is -2.21. The van der Waals surface area contributed by atoms with Crippen molar-refractivity contribution >= 4 is 29.1 Å². The van der Waals surface area contributed by atoms with Crippen LogP contribution in [-0.2, 0) is 17.8 Å². The number of halogens is 2. The molecule has 0 saturated carbocycles. The van der Waals surface area contributed by atoms with Gasteiger partial charge in [-0.3, -0.25) is 4.79 Å². The number of carbonyl (C=O) groups is 1. The Morgan fingerprint density at radius 3 is 2.70 bits per heavy atom. The molecule has 1 aromatic carbocycles. The zero-order valence-corrected chi connectivity index (χ0v) is 14.4. The minimum atomic E-state index is 0.104. The van der Waals surface area contributed by atoms with Crippen molar-refractivity contribution in [2.24, 2.45) is 0 Å². The molecule has 2 heterocycles. The molecule has 0 unspecified atom stereocenters. The van der Waals surface area contributed by atoms with Crippen molar-refractivity contribution < 1.29 is 4.79 Å². The van der Waals surface area contributed by atoms with Crippen LogP contribution in [0, 0.1) is 0 Å². The van der Waals surface area contributed by atoms with E-state index in [2.05, 4.69) is 10.4 Å². The highest BCUT2D eigenvalue weighted by atomic mass is 35.5. The Labute approximate surface area is 145 Å². The fourth-order valence-corrected chi connectivity index (χ4v) is 3.36. The second-order valence-electron chi connectivity index (χ2n) is 5.62. The van der Waals surface area contributed by atoms with Crippen molar-refractivity contribution in [3.8, 4) is 0 Å². The largest absolute Gasteiger partial charge is 0.355 e. The van der Waals surface area contributed by atoms with Crippen LogP contribution in [0.25, 0.3) is 0 Å². The van der Waals surface area contributed by atoms with Crippen LogP contribution in [0.3, 0.4) is 0 Å². The van der Waals surface area contributed by atoms with Gasteiger partial charge >= 0.3 is 0 Å². The predicted octanol–water partition coefficient (Wildman–Crippen LogP) is 3.19. The van der Waals surface area contributed by atoms with Crippen LogP contribution in [0.1, 0.15) is 42.9 Å². The number of hydrogen-bond donors (Lipinski definition) is 1. The van der Waals surface area contributed by atoms with E-state index in [9.17, 15) is 4.79 Å². The fraction of sp³-hybridized carbons (Fsp3) is 0.438. The standard InChI is InChI=1S/C16H18Cl2N4O/c1-2-22-16(10-6-7-15(23)19-9-10)20-14(21-22)8-11-12(17)4-3-5-13(11)18/h3-5,10H,2,6-9H2,1H3,(H,19,23)/t10-/m0/s1. The number of amides is 1. The molecule has 0 aliphatic carbocycles. The molecule has 1 fully saturated rings. The van der Waals surface area contributed by atoms with E-state index >= 15 is 0 Å². The summed E-state index contributed by atoms with van der Waals surface area (Å²) < 4.78 is 1.90. The van der Waals surface area contributed by atoms with Crippen molar-refractivity contribution in [3.05, 3.63) is 45.5 Å². The Kier molecular flexibility index (Phi) is 4.87. The number of hydrogen-bond acceptors (Lipinski definition) is 3. The quantitative estimate of drug-likeness (QED) is 0.918. The first-order valence-corrected chi connectivity index (χ1v) is 8.47. The van der Waals surface area contributed by atoms with Crippen molar-refractivity contribution in [2.45, 2.75) is 38.6 Å². The van der Waals surface area contributed by atoms with Gasteiger partial charge in [0.25, 0.3) is 0 Å². The Morgan fingerprint density at radius 1 is 1.35 bits per heavy atom. The molecule has 3 rings (SSSR count). The third-order valence-corrected chi connectivity index (χ3v) is 4.78. The Morgan fingerprint density at radius 2 is 2.09 bits per heavy atom. The smallest absolute Gasteiger partial charge is 0.220 e. The molecular formula is C16H18Cl2N4O. The molecule has 1 aliphatic heterocycles. The molecule has 1 N–H and O–H groups in total. The second-order valence-corrected chi connectivity index (χ2v) is 6.43. The van der Waals surface area contributed by atoms with E-state index in [-0.39, 0.29) is 11.8 Å². The predicted molar refractivity (Wildman–Crippen MR) is 89.9 cm³/mol. The Hall–Kier alpha value is -1.59. The molecule has 0 bridgehead atoms. The van der Waals surface area contributed by atoms with Crippen molar-refractivity contribution in [1.29, 1.82) is 0 Å². The molecule has 2 aromatic rings. The van der Waals surface area contributed by atoms with Crippen molar-refractivity contribution in [2.75, 3.05) is 6.54 Å². The molecule has 1 amide bonds. The lowest BCUT2D eigenvalue weighted by molar-refractivity contribution is -0.122. The van der Waals surface area contributed by atoms with Gasteiger partial charge < -0.3 is 5.32 Å². The first-order valence-electron chi connectivity index (χ1n) is 7.71. The zero-order valence-electron chi connectivity index (χ0n) is 12.9. The molecule has 1 aromatic heterocycles. The number of aromatic nitrogens is 3. The van der Waals surface area contributed by atoms with Gasteiger partial charge in [0.1, 0.15) is 5.82 Å². The van der Waals surface area contributed by atoms with E-state index in [1.807, 2.05) is 29.8 Å². The van der Waals surface area contributed by atoms with Crippen molar-refractivity contribution in [1.82, 2.24) is 20.1 Å². The van der Waals surface area contributed by atoms with E-state index in [0.29, 0.717) is 35.3 Å². The number of rotatable bonds is 4. The van der Waals surface area contributed by atoms with Gasteiger partial charge in [0.2, 0.25) is 5.91 Å². The number of carbonyl (C=O) groups excluding carboxylic acids is 1. The van der Waals surface area contributed by atoms with Crippen LogP contribution in [0.5, 0.6) is 0 Å². The van der Waals surface area contributed by atoms with Crippen LogP contribution in [0.4, 0.5) is 0 Å². The summed E-state index contributed by atoms with van der Waals surface area (Å²) in [6, 6.07) is 5.46. The van der Waals surface area contributed by atoms with Crippen LogP contribution >= 0.6 is 23.2 Å². The molecular weight excluding hydrogens is 335 g/mol. The summed E-state index contributed by atoms with van der Waals surface area (Å²) in [5.74, 6) is 1.93. The number of piperidine rings is 1. The number of nitrogens with one attached hydrogen (secondary N) is 1. The summed E-state index contributed by atoms with van der Waals surface area (Å²) in [6.07, 6.45) is 1.83. The van der Waals surface area contributed by atoms with Crippen LogP contribution in [0.15, 0.2) is 18.2 Å². The normalized spacial score (nSPS) is 18.0. The Bertz CT molecular complexity index is 699. The minimum Gasteiger partial charge on any atom is -0.355 e. The van der Waals surface area contributed by atoms with E-state index < -0.39 is 0 Å². The fourth-order valence-electron chi connectivity index (χ4n) is 2.83. The lowest BCUT2D eigenvalue weighted by atomic mass is 9.98. The maximum Gasteiger partial charge on any atom is 0.220 e. The van der Waals surface area contributed by atoms with Gasteiger partial charge in [0.05, 0.1) is 0 Å². The van der Waals surface area contributed by atoms with E-state index in [0.717, 1.165) is 24.4 Å². The minimum absolute atomic E-state index is 0.104. The molecule has 1 aliphatic rings. The van der Waals surface area contributed by atoms with Gasteiger partial charge in [-0.1, -0.05) is 29.3 Å². The number of nitrogens with zero attached hydrogens (tertiary/aromatic N) is 3. The van der Waals surface area contributed by atoms with E-state index in [1.165, 1.54) is 0 Å². The molecule has 7 heteroatoms. The first kappa shape index (κ1) is 16.3. The lowest BCUT2D eigenvalue weighted by Crippen LogP contribution is -2.34. The molecule has 122 valence electrons. The first-order chi connectivity index (χ1) is 11.1. The zero-order chi connectivity index (χ0) is 16.4. The summed E-state index contributed by atoms with van der Waals surface area (Å²) in [4.78, 5) is 16.0. The third-order valence-electron chi connectivity index (χ3n) is 4.07. The number of aryl methyl sites for hydroxylation is 1. The third kappa shape index (κ3) is 3.51. The number of benzene rings is 1. The summed E-state index contributed by atoms with van der Waals surface area (Å²) in [6.45, 7) is 3.39. The average molecular weight is 353 g/mol. The SMILES string of the molecule is CCn1nc(Cc2c(Cl)cccc2Cl)nc1[C@H]1CCC(=O)NC1. The summed E-state index contributed by atoms with van der Waals surface area (Å²) in [5, 5.41) is 8.72. The van der Waals surface area contributed by atoms with Crippen LogP contribution in [0.2, 0.25) is 10.0 Å². The monoisotopic (exact) mass is 352 g/mol. The highest BCUT2D eigenvalue weighted by Crippen LogP contribution is 2.27. The molecule has 0 spiro atoms. The van der Waals surface area contributed by atoms with Crippen molar-refractivity contribution in [3.63, 3.8) is 0 Å².